The van der Waals surface area contributed by atoms with E-state index >= 15 is 0 Å². The lowest BCUT2D eigenvalue weighted by Gasteiger charge is -2.27. The summed E-state index contributed by atoms with van der Waals surface area (Å²) in [6.07, 6.45) is -3.71. The van der Waals surface area contributed by atoms with Crippen molar-refractivity contribution in [3.8, 4) is 0 Å². The molecule has 1 fully saturated rings. The molecule has 0 spiro atoms. The molecule has 10 heteroatoms. The Balaban J connectivity index is 2.33. The third-order valence-corrected chi connectivity index (χ3v) is 5.11. The second-order valence-corrected chi connectivity index (χ2v) is 7.34. The van der Waals surface area contributed by atoms with E-state index in [0.717, 1.165) is 17.7 Å². The molecule has 1 aliphatic heterocycles. The zero-order valence-electron chi connectivity index (χ0n) is 16.0. The largest absolute Gasteiger partial charge is 0.417 e. The monoisotopic (exact) mass is 398 g/mol. The molecule has 28 heavy (non-hydrogen) atoms. The van der Waals surface area contributed by atoms with Crippen molar-refractivity contribution in [2.24, 2.45) is 20.0 Å². The molecule has 0 N–H and O–H groups in total. The molecule has 2 aromatic heterocycles. The van der Waals surface area contributed by atoms with Crippen LogP contribution in [0, 0.1) is 5.92 Å². The zero-order chi connectivity index (χ0) is 21.0. The number of alkyl halides is 3. The number of pyridine rings is 1. The van der Waals surface area contributed by atoms with E-state index < -0.39 is 34.4 Å². The summed E-state index contributed by atoms with van der Waals surface area (Å²) in [6, 6.07) is 0.213. The number of aromatic nitrogens is 3. The number of aryl methyl sites for hydroxylation is 1. The van der Waals surface area contributed by atoms with Crippen LogP contribution >= 0.6 is 0 Å². The van der Waals surface area contributed by atoms with E-state index in [9.17, 15) is 27.6 Å². The van der Waals surface area contributed by atoms with Gasteiger partial charge in [0.25, 0.3) is 5.56 Å². The minimum Gasteiger partial charge on any atom is -0.334 e. The topological polar surface area (TPSA) is 77.2 Å². The van der Waals surface area contributed by atoms with E-state index in [1.54, 1.807) is 13.8 Å². The normalized spacial score (nSPS) is 17.7. The van der Waals surface area contributed by atoms with Crippen molar-refractivity contribution >= 4 is 16.9 Å². The Bertz CT molecular complexity index is 1070. The number of halogens is 3. The minimum atomic E-state index is -4.81. The van der Waals surface area contributed by atoms with Gasteiger partial charge >= 0.3 is 11.9 Å². The fourth-order valence-corrected chi connectivity index (χ4v) is 3.64. The number of hydrogen-bond acceptors (Lipinski definition) is 4. The van der Waals surface area contributed by atoms with Crippen molar-refractivity contribution in [3.05, 3.63) is 38.2 Å². The van der Waals surface area contributed by atoms with Crippen LogP contribution in [0.4, 0.5) is 13.2 Å². The van der Waals surface area contributed by atoms with Gasteiger partial charge in [0, 0.05) is 26.6 Å². The van der Waals surface area contributed by atoms with Crippen LogP contribution < -0.4 is 11.2 Å². The van der Waals surface area contributed by atoms with Crippen LogP contribution in [0.15, 0.2) is 15.7 Å². The lowest BCUT2D eigenvalue weighted by Crippen LogP contribution is -2.39. The highest BCUT2D eigenvalue weighted by Crippen LogP contribution is 2.38. The molecule has 3 heterocycles. The van der Waals surface area contributed by atoms with Crippen LogP contribution in [0.2, 0.25) is 0 Å². The molecule has 7 nitrogen and oxygen atoms in total. The number of likely N-dealkylation sites (tertiary alicyclic amines) is 1. The third kappa shape index (κ3) is 3.10. The SMILES string of the molecule is CC(C)C(=O)N1CCCC1c1cc(C(F)(F)F)c2c(=O)n(C)c(=O)n(C)c2n1. The molecular formula is C18H21F3N4O3. The summed E-state index contributed by atoms with van der Waals surface area (Å²) in [4.78, 5) is 42.8. The van der Waals surface area contributed by atoms with Crippen molar-refractivity contribution in [3.63, 3.8) is 0 Å². The van der Waals surface area contributed by atoms with Crippen molar-refractivity contribution in [1.29, 1.82) is 0 Å². The molecule has 2 aromatic rings. The highest BCUT2D eigenvalue weighted by molar-refractivity contribution is 5.81. The lowest BCUT2D eigenvalue weighted by molar-refractivity contribution is -0.136. The average molecular weight is 398 g/mol. The van der Waals surface area contributed by atoms with Crippen LogP contribution in [-0.2, 0) is 25.1 Å². The maximum absolute atomic E-state index is 13.8. The van der Waals surface area contributed by atoms with Gasteiger partial charge in [-0.15, -0.1) is 0 Å². The maximum atomic E-state index is 13.8. The van der Waals surface area contributed by atoms with Crippen molar-refractivity contribution < 1.29 is 18.0 Å². The molecule has 1 saturated heterocycles. The van der Waals surface area contributed by atoms with Gasteiger partial charge in [0.1, 0.15) is 5.65 Å². The second kappa shape index (κ2) is 6.75. The summed E-state index contributed by atoms with van der Waals surface area (Å²) < 4.78 is 42.9. The van der Waals surface area contributed by atoms with Gasteiger partial charge in [0.15, 0.2) is 0 Å². The summed E-state index contributed by atoms with van der Waals surface area (Å²) in [7, 11) is 2.39. The number of fused-ring (bicyclic) bond motifs is 1. The van der Waals surface area contributed by atoms with Gasteiger partial charge in [-0.25, -0.2) is 9.78 Å². The van der Waals surface area contributed by atoms with Crippen molar-refractivity contribution in [1.82, 2.24) is 19.0 Å². The summed E-state index contributed by atoms with van der Waals surface area (Å²) in [5.41, 5.74) is -3.26. The Kier molecular flexibility index (Phi) is 4.84. The molecule has 1 atom stereocenters. The quantitative estimate of drug-likeness (QED) is 0.775. The van der Waals surface area contributed by atoms with E-state index in [0.29, 0.717) is 24.0 Å². The second-order valence-electron chi connectivity index (χ2n) is 7.34. The van der Waals surface area contributed by atoms with Gasteiger partial charge in [-0.2, -0.15) is 13.2 Å². The van der Waals surface area contributed by atoms with Gasteiger partial charge in [-0.05, 0) is 18.9 Å². The van der Waals surface area contributed by atoms with Gasteiger partial charge in [0.05, 0.1) is 22.7 Å². The number of carbonyl (C=O) groups excluding carboxylic acids is 1. The Hall–Kier alpha value is -2.65. The Morgan fingerprint density at radius 1 is 1.21 bits per heavy atom. The Morgan fingerprint density at radius 2 is 1.86 bits per heavy atom. The number of rotatable bonds is 2. The fourth-order valence-electron chi connectivity index (χ4n) is 3.64. The van der Waals surface area contributed by atoms with Gasteiger partial charge in [0.2, 0.25) is 5.91 Å². The first-order valence-electron chi connectivity index (χ1n) is 8.93. The molecule has 3 rings (SSSR count). The summed E-state index contributed by atoms with van der Waals surface area (Å²) in [6.45, 7) is 3.87. The number of amides is 1. The summed E-state index contributed by atoms with van der Waals surface area (Å²) in [5, 5.41) is -0.652. The Labute approximate surface area is 158 Å². The van der Waals surface area contributed by atoms with Gasteiger partial charge in [-0.3, -0.25) is 18.7 Å². The predicted molar refractivity (Wildman–Crippen MR) is 95.8 cm³/mol. The van der Waals surface area contributed by atoms with Crippen molar-refractivity contribution in [2.45, 2.75) is 38.9 Å². The van der Waals surface area contributed by atoms with Crippen LogP contribution in [0.5, 0.6) is 0 Å². The Morgan fingerprint density at radius 3 is 2.43 bits per heavy atom. The van der Waals surface area contributed by atoms with Crippen LogP contribution in [0.25, 0.3) is 11.0 Å². The molecule has 1 amide bonds. The van der Waals surface area contributed by atoms with E-state index in [2.05, 4.69) is 4.98 Å². The molecule has 0 saturated carbocycles. The van der Waals surface area contributed by atoms with E-state index in [1.807, 2.05) is 0 Å². The number of carbonyl (C=O) groups is 1. The minimum absolute atomic E-state index is 0.0366. The highest BCUT2D eigenvalue weighted by atomic mass is 19.4. The fraction of sp³-hybridized carbons (Fsp3) is 0.556. The van der Waals surface area contributed by atoms with E-state index in [4.69, 9.17) is 0 Å². The molecular weight excluding hydrogens is 377 g/mol. The third-order valence-electron chi connectivity index (χ3n) is 5.11. The first kappa shape index (κ1) is 20.1. The molecule has 0 bridgehead atoms. The zero-order valence-corrected chi connectivity index (χ0v) is 16.0. The first-order chi connectivity index (χ1) is 12.9. The van der Waals surface area contributed by atoms with Gasteiger partial charge in [-0.1, -0.05) is 13.8 Å². The van der Waals surface area contributed by atoms with E-state index in [1.165, 1.54) is 11.9 Å². The molecule has 0 aromatic carbocycles. The molecule has 152 valence electrons. The lowest BCUT2D eigenvalue weighted by atomic mass is 10.0. The van der Waals surface area contributed by atoms with Gasteiger partial charge < -0.3 is 4.90 Å². The maximum Gasteiger partial charge on any atom is 0.417 e. The summed E-state index contributed by atoms with van der Waals surface area (Å²) >= 11 is 0. The highest BCUT2D eigenvalue weighted by Gasteiger charge is 2.38. The smallest absolute Gasteiger partial charge is 0.334 e. The van der Waals surface area contributed by atoms with Crippen LogP contribution in [-0.4, -0.2) is 31.5 Å². The van der Waals surface area contributed by atoms with E-state index in [-0.39, 0.29) is 23.2 Å². The molecule has 0 aliphatic carbocycles. The molecule has 1 aliphatic rings. The summed E-state index contributed by atoms with van der Waals surface area (Å²) in [5.74, 6) is -0.476. The van der Waals surface area contributed by atoms with Crippen LogP contribution in [0.1, 0.15) is 44.0 Å². The standard InChI is InChI=1S/C18H21F3N4O3/c1-9(2)15(26)25-7-5-6-12(25)11-8-10(18(19,20)21)13-14(22-11)23(3)17(28)24(4)16(13)27/h8-9,12H,5-7H2,1-4H3. The molecule has 1 unspecified atom stereocenters. The first-order valence-corrected chi connectivity index (χ1v) is 8.93. The number of nitrogens with zero attached hydrogens (tertiary/aromatic N) is 4. The van der Waals surface area contributed by atoms with Crippen LogP contribution in [0.3, 0.4) is 0 Å². The predicted octanol–water partition coefficient (Wildman–Crippen LogP) is 1.97. The average Bonchev–Trinajstić information content (AvgIpc) is 3.11. The number of hydrogen-bond donors (Lipinski definition) is 0. The molecule has 0 radical (unpaired) electrons. The van der Waals surface area contributed by atoms with Crippen molar-refractivity contribution in [2.75, 3.05) is 6.54 Å².